The van der Waals surface area contributed by atoms with Gasteiger partial charge < -0.3 is 4.74 Å². The summed E-state index contributed by atoms with van der Waals surface area (Å²) in [5.74, 6) is 0.469. The van der Waals surface area contributed by atoms with E-state index in [4.69, 9.17) is 27.9 Å². The smallest absolute Gasteiger partial charge is 0.311 e. The van der Waals surface area contributed by atoms with E-state index in [0.717, 1.165) is 47.7 Å². The molecule has 0 heterocycles. The van der Waals surface area contributed by atoms with Gasteiger partial charge in [-0.25, -0.2) is 0 Å². The van der Waals surface area contributed by atoms with E-state index in [0.29, 0.717) is 5.92 Å². The lowest BCUT2D eigenvalue weighted by atomic mass is 9.49. The highest BCUT2D eigenvalue weighted by atomic mass is 35.5. The van der Waals surface area contributed by atoms with Crippen LogP contribution in [-0.2, 0) is 21.4 Å². The number of methoxy groups -OCH3 is 1. The number of carbonyl (C=O) groups is 1. The van der Waals surface area contributed by atoms with Gasteiger partial charge in [-0.05, 0) is 72.6 Å². The summed E-state index contributed by atoms with van der Waals surface area (Å²) in [5, 5.41) is 1.59. The van der Waals surface area contributed by atoms with E-state index >= 15 is 0 Å². The van der Waals surface area contributed by atoms with Crippen molar-refractivity contribution in [1.29, 1.82) is 0 Å². The van der Waals surface area contributed by atoms with E-state index < -0.39 is 5.41 Å². The number of esters is 1. The Hall–Kier alpha value is -0.730. The van der Waals surface area contributed by atoms with Crippen LogP contribution in [0.2, 0.25) is 10.0 Å². The van der Waals surface area contributed by atoms with Gasteiger partial charge in [0.05, 0.1) is 12.5 Å². The molecular formula is C21H28Cl2O2. The zero-order chi connectivity index (χ0) is 18.6. The monoisotopic (exact) mass is 382 g/mol. The van der Waals surface area contributed by atoms with Gasteiger partial charge in [0.15, 0.2) is 0 Å². The fraction of sp³-hybridized carbons (Fsp3) is 0.667. The predicted molar refractivity (Wildman–Crippen MR) is 104 cm³/mol. The summed E-state index contributed by atoms with van der Waals surface area (Å²) >= 11 is 13.4. The minimum Gasteiger partial charge on any atom is -0.469 e. The molecule has 0 bridgehead atoms. The van der Waals surface area contributed by atoms with Crippen LogP contribution in [0.3, 0.4) is 0 Å². The first-order chi connectivity index (χ1) is 11.7. The van der Waals surface area contributed by atoms with Gasteiger partial charge in [-0.1, -0.05) is 50.4 Å². The van der Waals surface area contributed by atoms with Gasteiger partial charge in [0.25, 0.3) is 0 Å². The Morgan fingerprint density at radius 2 is 1.96 bits per heavy atom. The molecule has 1 aromatic rings. The highest BCUT2D eigenvalue weighted by Gasteiger charge is 2.56. The summed E-state index contributed by atoms with van der Waals surface area (Å²) in [4.78, 5) is 12.6. The summed E-state index contributed by atoms with van der Waals surface area (Å²) in [7, 11) is 1.50. The quantitative estimate of drug-likeness (QED) is 0.560. The van der Waals surface area contributed by atoms with Crippen LogP contribution in [0, 0.1) is 11.3 Å². The number of ether oxygens (including phenoxy) is 1. The van der Waals surface area contributed by atoms with Crippen molar-refractivity contribution in [3.8, 4) is 0 Å². The minimum absolute atomic E-state index is 0.0807. The summed E-state index contributed by atoms with van der Waals surface area (Å²) in [6.07, 6.45) is 4.83. The molecule has 4 heteroatoms. The molecule has 3 rings (SSSR count). The van der Waals surface area contributed by atoms with Gasteiger partial charge in [0, 0.05) is 10.0 Å². The van der Waals surface area contributed by atoms with E-state index in [1.807, 2.05) is 0 Å². The summed E-state index contributed by atoms with van der Waals surface area (Å²) in [5.41, 5.74) is 3.02. The molecule has 0 radical (unpaired) electrons. The van der Waals surface area contributed by atoms with Crippen LogP contribution in [0.1, 0.15) is 76.0 Å². The Morgan fingerprint density at radius 3 is 2.56 bits per heavy atom. The second kappa shape index (κ2) is 6.46. The number of benzene rings is 1. The third-order valence-corrected chi connectivity index (χ3v) is 7.56. The summed E-state index contributed by atoms with van der Waals surface area (Å²) in [6.45, 7) is 8.62. The van der Waals surface area contributed by atoms with Gasteiger partial charge in [-0.15, -0.1) is 0 Å². The third kappa shape index (κ3) is 2.72. The second-order valence-corrected chi connectivity index (χ2v) is 9.32. The van der Waals surface area contributed by atoms with E-state index in [2.05, 4.69) is 33.8 Å². The molecule has 2 nitrogen and oxygen atoms in total. The van der Waals surface area contributed by atoms with Crippen molar-refractivity contribution in [3.63, 3.8) is 0 Å². The van der Waals surface area contributed by atoms with Crippen LogP contribution >= 0.6 is 23.2 Å². The number of carbonyl (C=O) groups excluding carboxylic acids is 1. The molecule has 0 spiro atoms. The zero-order valence-corrected chi connectivity index (χ0v) is 17.4. The average Bonchev–Trinajstić information content (AvgIpc) is 2.54. The molecule has 2 aliphatic carbocycles. The summed E-state index contributed by atoms with van der Waals surface area (Å²) in [6, 6.07) is 2.13. The number of hydrogen-bond acceptors (Lipinski definition) is 2. The molecule has 0 amide bonds. The van der Waals surface area contributed by atoms with E-state index in [1.165, 1.54) is 18.2 Å². The lowest BCUT2D eigenvalue weighted by Gasteiger charge is -2.54. The van der Waals surface area contributed by atoms with Crippen LogP contribution in [0.25, 0.3) is 0 Å². The normalized spacial score (nSPS) is 31.4. The number of halogens is 2. The largest absolute Gasteiger partial charge is 0.469 e. The number of rotatable bonds is 2. The first-order valence-corrected chi connectivity index (χ1v) is 10.0. The van der Waals surface area contributed by atoms with Crippen LogP contribution in [-0.4, -0.2) is 13.1 Å². The third-order valence-electron chi connectivity index (χ3n) is 6.81. The minimum atomic E-state index is -0.435. The highest BCUT2D eigenvalue weighted by molar-refractivity contribution is 6.36. The maximum Gasteiger partial charge on any atom is 0.311 e. The molecule has 0 aliphatic heterocycles. The highest BCUT2D eigenvalue weighted by Crippen LogP contribution is 2.59. The molecule has 1 fully saturated rings. The maximum atomic E-state index is 12.6. The van der Waals surface area contributed by atoms with Crippen LogP contribution in [0.15, 0.2) is 6.07 Å². The Kier molecular flexibility index (Phi) is 4.92. The lowest BCUT2D eigenvalue weighted by molar-refractivity contribution is -0.161. The van der Waals surface area contributed by atoms with Gasteiger partial charge in [-0.3, -0.25) is 4.79 Å². The average molecular weight is 383 g/mol. The molecule has 25 heavy (non-hydrogen) atoms. The zero-order valence-electron chi connectivity index (χ0n) is 15.8. The first-order valence-electron chi connectivity index (χ1n) is 9.26. The van der Waals surface area contributed by atoms with Crippen molar-refractivity contribution in [1.82, 2.24) is 0 Å². The molecule has 138 valence electrons. The standard InChI is InChI=1S/C21H28Cl2O2/c1-12(2)17-15(22)11-14-13(18(17)23)7-8-16-20(14,3)9-6-10-21(16,4)19(24)25-5/h11-12,16H,6-10H2,1-5H3/t16-,20-,21-/m1/s1. The number of fused-ring (bicyclic) bond motifs is 3. The topological polar surface area (TPSA) is 26.3 Å². The fourth-order valence-corrected chi connectivity index (χ4v) is 6.55. The van der Waals surface area contributed by atoms with Crippen molar-refractivity contribution in [2.24, 2.45) is 11.3 Å². The molecule has 1 aromatic carbocycles. The van der Waals surface area contributed by atoms with Crippen LogP contribution in [0.5, 0.6) is 0 Å². The molecule has 0 N–H and O–H groups in total. The van der Waals surface area contributed by atoms with E-state index in [9.17, 15) is 4.79 Å². The molecule has 0 unspecified atom stereocenters. The number of hydrogen-bond donors (Lipinski definition) is 0. The van der Waals surface area contributed by atoms with E-state index in [-0.39, 0.29) is 17.3 Å². The van der Waals surface area contributed by atoms with Crippen molar-refractivity contribution in [3.05, 3.63) is 32.8 Å². The van der Waals surface area contributed by atoms with Crippen molar-refractivity contribution in [2.75, 3.05) is 7.11 Å². The van der Waals surface area contributed by atoms with Crippen molar-refractivity contribution < 1.29 is 9.53 Å². The van der Waals surface area contributed by atoms with Crippen LogP contribution in [0.4, 0.5) is 0 Å². The molecule has 3 atom stereocenters. The predicted octanol–water partition coefficient (Wildman–Crippen LogP) is 6.30. The van der Waals surface area contributed by atoms with E-state index in [1.54, 1.807) is 0 Å². The van der Waals surface area contributed by atoms with Crippen molar-refractivity contribution >= 4 is 29.2 Å². The van der Waals surface area contributed by atoms with Crippen LogP contribution < -0.4 is 0 Å². The molecule has 2 aliphatic rings. The Labute approximate surface area is 161 Å². The Balaban J connectivity index is 2.17. The van der Waals surface area contributed by atoms with Crippen molar-refractivity contribution in [2.45, 2.75) is 71.1 Å². The Bertz CT molecular complexity index is 712. The Morgan fingerprint density at radius 1 is 1.28 bits per heavy atom. The molecule has 0 saturated heterocycles. The lowest BCUT2D eigenvalue weighted by Crippen LogP contribution is -2.52. The second-order valence-electron chi connectivity index (χ2n) is 8.54. The first kappa shape index (κ1) is 19.0. The van der Waals surface area contributed by atoms with Gasteiger partial charge >= 0.3 is 5.97 Å². The maximum absolute atomic E-state index is 12.6. The molecule has 0 aromatic heterocycles. The molecule has 1 saturated carbocycles. The van der Waals surface area contributed by atoms with Gasteiger partial charge in [0.2, 0.25) is 0 Å². The summed E-state index contributed by atoms with van der Waals surface area (Å²) < 4.78 is 5.18. The van der Waals surface area contributed by atoms with Gasteiger partial charge in [-0.2, -0.15) is 0 Å². The molecular weight excluding hydrogens is 355 g/mol. The van der Waals surface area contributed by atoms with Gasteiger partial charge in [0.1, 0.15) is 0 Å². The fourth-order valence-electron chi connectivity index (χ4n) is 5.56. The SMILES string of the molecule is COC(=O)[C@]1(C)CCC[C@]2(C)c3cc(Cl)c(C(C)C)c(Cl)c3CC[C@@H]12.